The second kappa shape index (κ2) is 9.03. The van der Waals surface area contributed by atoms with Gasteiger partial charge in [0.15, 0.2) is 0 Å². The van der Waals surface area contributed by atoms with Gasteiger partial charge < -0.3 is 20.1 Å². The average Bonchev–Trinajstić information content (AvgIpc) is 3.02. The van der Waals surface area contributed by atoms with Gasteiger partial charge in [-0.3, -0.25) is 4.79 Å². The summed E-state index contributed by atoms with van der Waals surface area (Å²) in [7, 11) is 0. The van der Waals surface area contributed by atoms with Crippen LogP contribution >= 0.6 is 0 Å². The van der Waals surface area contributed by atoms with Crippen molar-refractivity contribution < 1.29 is 24.9 Å². The van der Waals surface area contributed by atoms with Crippen LogP contribution in [-0.4, -0.2) is 44.7 Å². The summed E-state index contributed by atoms with van der Waals surface area (Å²) in [6.07, 6.45) is 8.48. The fraction of sp³-hybridized carbons (Fsp3) is 0.966. The van der Waals surface area contributed by atoms with Crippen molar-refractivity contribution in [2.45, 2.75) is 136 Å². The molecule has 4 saturated carbocycles. The third-order valence-corrected chi connectivity index (χ3v) is 11.6. The molecule has 0 spiro atoms. The maximum atomic E-state index is 12.2. The molecule has 0 saturated heterocycles. The Morgan fingerprint density at radius 1 is 0.971 bits per heavy atom. The van der Waals surface area contributed by atoms with Crippen molar-refractivity contribution in [3.05, 3.63) is 0 Å². The molecular formula is C29H50O5. The predicted octanol–water partition coefficient (Wildman–Crippen LogP) is 5.24. The molecule has 0 aliphatic heterocycles. The minimum atomic E-state index is -1.19. The van der Waals surface area contributed by atoms with E-state index in [9.17, 15) is 20.1 Å². The fourth-order valence-corrected chi connectivity index (χ4v) is 9.51. The Labute approximate surface area is 207 Å². The predicted molar refractivity (Wildman–Crippen MR) is 133 cm³/mol. The van der Waals surface area contributed by atoms with Gasteiger partial charge in [0.2, 0.25) is 0 Å². The van der Waals surface area contributed by atoms with E-state index in [0.29, 0.717) is 36.5 Å². The van der Waals surface area contributed by atoms with Crippen LogP contribution in [0.25, 0.3) is 0 Å². The van der Waals surface area contributed by atoms with Gasteiger partial charge in [-0.25, -0.2) is 0 Å². The molecule has 3 N–H and O–H groups in total. The summed E-state index contributed by atoms with van der Waals surface area (Å²) in [5.74, 6) is 1.62. The van der Waals surface area contributed by atoms with Crippen molar-refractivity contribution in [2.75, 3.05) is 0 Å². The number of carbonyl (C=O) groups excluding carboxylic acids is 1. The molecule has 4 aliphatic rings. The van der Waals surface area contributed by atoms with Crippen LogP contribution in [0.4, 0.5) is 0 Å². The molecule has 0 aromatic heterocycles. The van der Waals surface area contributed by atoms with Crippen molar-refractivity contribution >= 4 is 5.97 Å². The molecule has 0 bridgehead atoms. The second-order valence-corrected chi connectivity index (χ2v) is 13.6. The molecule has 4 fully saturated rings. The highest BCUT2D eigenvalue weighted by molar-refractivity contribution is 5.66. The second-order valence-electron chi connectivity index (χ2n) is 13.6. The normalized spacial score (nSPS) is 49.2. The van der Waals surface area contributed by atoms with Crippen LogP contribution in [0.2, 0.25) is 0 Å². The molecule has 0 amide bonds. The topological polar surface area (TPSA) is 87.0 Å². The molecule has 4 rings (SSSR count). The van der Waals surface area contributed by atoms with Crippen LogP contribution in [0, 0.1) is 40.4 Å². The van der Waals surface area contributed by atoms with E-state index >= 15 is 0 Å². The van der Waals surface area contributed by atoms with Crippen LogP contribution in [-0.2, 0) is 9.53 Å². The number of fused-ring (bicyclic) bond motifs is 5. The molecule has 0 aromatic rings. The Balaban J connectivity index is 1.63. The first-order valence-corrected chi connectivity index (χ1v) is 14.1. The van der Waals surface area contributed by atoms with Gasteiger partial charge in [0.1, 0.15) is 11.7 Å². The van der Waals surface area contributed by atoms with Crippen molar-refractivity contribution in [1.29, 1.82) is 0 Å². The van der Waals surface area contributed by atoms with Crippen LogP contribution < -0.4 is 0 Å². The van der Waals surface area contributed by atoms with E-state index in [-0.39, 0.29) is 29.1 Å². The first-order valence-electron chi connectivity index (χ1n) is 14.1. The van der Waals surface area contributed by atoms with E-state index < -0.39 is 23.4 Å². The summed E-state index contributed by atoms with van der Waals surface area (Å²) in [5.41, 5.74) is -2.38. The molecule has 196 valence electrons. The molecular weight excluding hydrogens is 428 g/mol. The number of aliphatic hydroxyl groups excluding tert-OH is 1. The van der Waals surface area contributed by atoms with Gasteiger partial charge in [0, 0.05) is 18.8 Å². The number of carbonyl (C=O) groups is 1. The summed E-state index contributed by atoms with van der Waals surface area (Å²) in [4.78, 5) is 12.1. The van der Waals surface area contributed by atoms with Crippen LogP contribution in [0.1, 0.15) is 112 Å². The third-order valence-electron chi connectivity index (χ3n) is 11.6. The third kappa shape index (κ3) is 3.87. The molecule has 5 heteroatoms. The average molecular weight is 479 g/mol. The SMILES string of the molecule is CC(=O)OC1CC2C3CC[C@](O)([C@H](C)CCCC(C)C)[C@@]3(C)CCC2[C@@]2(C)CCC(O)C[C@]12O. The zero-order chi connectivity index (χ0) is 25.1. The summed E-state index contributed by atoms with van der Waals surface area (Å²) in [6, 6.07) is 0. The maximum absolute atomic E-state index is 12.2. The number of hydrogen-bond donors (Lipinski definition) is 3. The van der Waals surface area contributed by atoms with Gasteiger partial charge in [-0.1, -0.05) is 47.5 Å². The number of rotatable bonds is 6. The number of hydrogen-bond acceptors (Lipinski definition) is 5. The molecule has 0 radical (unpaired) electrons. The minimum absolute atomic E-state index is 0.147. The van der Waals surface area contributed by atoms with Gasteiger partial charge in [-0.2, -0.15) is 0 Å². The molecule has 4 aliphatic carbocycles. The zero-order valence-electron chi connectivity index (χ0n) is 22.5. The van der Waals surface area contributed by atoms with Gasteiger partial charge in [-0.15, -0.1) is 0 Å². The molecule has 34 heavy (non-hydrogen) atoms. The van der Waals surface area contributed by atoms with Crippen molar-refractivity contribution in [2.24, 2.45) is 40.4 Å². The van der Waals surface area contributed by atoms with E-state index in [1.807, 2.05) is 0 Å². The number of esters is 1. The highest BCUT2D eigenvalue weighted by atomic mass is 16.6. The summed E-state index contributed by atoms with van der Waals surface area (Å²) >= 11 is 0. The lowest BCUT2D eigenvalue weighted by atomic mass is 9.42. The van der Waals surface area contributed by atoms with Crippen molar-refractivity contribution in [3.63, 3.8) is 0 Å². The first kappa shape index (κ1) is 26.4. The maximum Gasteiger partial charge on any atom is 0.303 e. The molecule has 0 aromatic carbocycles. The Kier molecular flexibility index (Phi) is 7.01. The first-order chi connectivity index (χ1) is 15.8. The Bertz CT molecular complexity index is 768. The molecule has 5 nitrogen and oxygen atoms in total. The van der Waals surface area contributed by atoms with E-state index in [2.05, 4.69) is 34.6 Å². The van der Waals surface area contributed by atoms with Gasteiger partial charge in [0.05, 0.1) is 11.7 Å². The quantitative estimate of drug-likeness (QED) is 0.455. The highest BCUT2D eigenvalue weighted by Gasteiger charge is 2.70. The summed E-state index contributed by atoms with van der Waals surface area (Å²) < 4.78 is 5.82. The van der Waals surface area contributed by atoms with Gasteiger partial charge >= 0.3 is 5.97 Å². The monoisotopic (exact) mass is 478 g/mol. The fourth-order valence-electron chi connectivity index (χ4n) is 9.51. The van der Waals surface area contributed by atoms with Crippen LogP contribution in [0.5, 0.6) is 0 Å². The summed E-state index contributed by atoms with van der Waals surface area (Å²) in [6.45, 7) is 12.7. The Hall–Kier alpha value is -0.650. The highest BCUT2D eigenvalue weighted by Crippen LogP contribution is 2.70. The Morgan fingerprint density at radius 3 is 2.24 bits per heavy atom. The number of ether oxygens (including phenoxy) is 1. The van der Waals surface area contributed by atoms with E-state index in [4.69, 9.17) is 4.74 Å². The van der Waals surface area contributed by atoms with Crippen molar-refractivity contribution in [3.8, 4) is 0 Å². The lowest BCUT2D eigenvalue weighted by Crippen LogP contribution is -2.69. The van der Waals surface area contributed by atoms with Crippen LogP contribution in [0.15, 0.2) is 0 Å². The van der Waals surface area contributed by atoms with Gasteiger partial charge in [-0.05, 0) is 86.4 Å². The lowest BCUT2D eigenvalue weighted by Gasteiger charge is -2.66. The smallest absolute Gasteiger partial charge is 0.303 e. The van der Waals surface area contributed by atoms with E-state index in [1.54, 1.807) is 0 Å². The Morgan fingerprint density at radius 2 is 1.59 bits per heavy atom. The lowest BCUT2D eigenvalue weighted by molar-refractivity contribution is -0.274. The zero-order valence-corrected chi connectivity index (χ0v) is 22.5. The molecule has 5 unspecified atom stereocenters. The minimum Gasteiger partial charge on any atom is -0.459 e. The molecule has 0 heterocycles. The number of aliphatic hydroxyl groups is 3. The summed E-state index contributed by atoms with van der Waals surface area (Å²) in [5, 5.41) is 34.7. The van der Waals surface area contributed by atoms with Gasteiger partial charge in [0.25, 0.3) is 0 Å². The van der Waals surface area contributed by atoms with Crippen LogP contribution in [0.3, 0.4) is 0 Å². The standard InChI is InChI=1S/C29H50O5/c1-18(2)8-7-9-19(3)28(32)15-12-24-22-16-25(34-20(4)30)29(33)17-21(31)10-13-27(29,6)23(22)11-14-26(24,28)5/h18-19,21-25,31-33H,7-17H2,1-6H3/t19-,21?,22?,23?,24?,25?,26+,27-,28+,29+/m1/s1. The van der Waals surface area contributed by atoms with E-state index in [0.717, 1.165) is 44.9 Å². The van der Waals surface area contributed by atoms with Crippen molar-refractivity contribution in [1.82, 2.24) is 0 Å². The van der Waals surface area contributed by atoms with E-state index in [1.165, 1.54) is 13.3 Å². The molecule has 10 atom stereocenters. The largest absolute Gasteiger partial charge is 0.459 e.